The molecule has 0 unspecified atom stereocenters. The number of rotatable bonds is 7. The molecule has 0 radical (unpaired) electrons. The highest BCUT2D eigenvalue weighted by molar-refractivity contribution is 5.77. The van der Waals surface area contributed by atoms with Gasteiger partial charge in [-0.15, -0.1) is 0 Å². The van der Waals surface area contributed by atoms with E-state index >= 15 is 0 Å². The molecule has 22 heavy (non-hydrogen) atoms. The summed E-state index contributed by atoms with van der Waals surface area (Å²) in [5.41, 5.74) is 0. The molecule has 6 nitrogen and oxygen atoms in total. The molecule has 114 valence electrons. The van der Waals surface area contributed by atoms with Gasteiger partial charge < -0.3 is 9.47 Å². The summed E-state index contributed by atoms with van der Waals surface area (Å²) in [4.78, 5) is 22.6. The Morgan fingerprint density at radius 3 is 1.45 bits per heavy atom. The fourth-order valence-electron chi connectivity index (χ4n) is 1.10. The van der Waals surface area contributed by atoms with E-state index in [1.165, 1.54) is 0 Å². The van der Waals surface area contributed by atoms with Gasteiger partial charge in [0.25, 0.3) is 0 Å². The van der Waals surface area contributed by atoms with E-state index in [-0.39, 0.29) is 26.1 Å². The highest BCUT2D eigenvalue weighted by Crippen LogP contribution is 1.96. The third kappa shape index (κ3) is 13.5. The van der Waals surface area contributed by atoms with Crippen LogP contribution in [0.4, 0.5) is 0 Å². The van der Waals surface area contributed by atoms with E-state index in [0.717, 1.165) is 0 Å². The molecule has 0 spiro atoms. The van der Waals surface area contributed by atoms with Gasteiger partial charge in [-0.2, -0.15) is 10.5 Å². The van der Waals surface area contributed by atoms with Crippen LogP contribution in [0.15, 0.2) is 0 Å². The number of esters is 2. The molecule has 6 heteroatoms. The average Bonchev–Trinajstić information content (AvgIpc) is 2.52. The molecule has 0 N–H and O–H groups in total. The molecule has 0 aliphatic carbocycles. The van der Waals surface area contributed by atoms with E-state index in [2.05, 4.69) is 23.7 Å². The molecule has 0 rings (SSSR count). The van der Waals surface area contributed by atoms with Crippen molar-refractivity contribution in [3.8, 4) is 35.8 Å². The molecule has 0 fully saturated rings. The fourth-order valence-corrected chi connectivity index (χ4v) is 1.10. The molecule has 0 atom stereocenters. The lowest BCUT2D eigenvalue weighted by Gasteiger charge is -2.01. The first-order valence-corrected chi connectivity index (χ1v) is 6.67. The number of carbonyl (C=O) groups is 2. The van der Waals surface area contributed by atoms with Gasteiger partial charge in [-0.1, -0.05) is 23.7 Å². The smallest absolute Gasteiger partial charge is 0.307 e. The number of hydrogen-bond donors (Lipinski definition) is 0. The van der Waals surface area contributed by atoms with E-state index < -0.39 is 11.9 Å². The monoisotopic (exact) mass is 300 g/mol. The molecule has 0 amide bonds. The van der Waals surface area contributed by atoms with Gasteiger partial charge in [0, 0.05) is 25.7 Å². The zero-order chi connectivity index (χ0) is 16.5. The maximum absolute atomic E-state index is 11.3. The molecule has 0 aromatic heterocycles. The quantitative estimate of drug-likeness (QED) is 0.401. The lowest BCUT2D eigenvalue weighted by Crippen LogP contribution is -2.10. The molecule has 0 aliphatic heterocycles. The van der Waals surface area contributed by atoms with Gasteiger partial charge in [0.1, 0.15) is 0 Å². The van der Waals surface area contributed by atoms with E-state index in [0.29, 0.717) is 25.7 Å². The second-order valence-electron chi connectivity index (χ2n) is 3.84. The summed E-state index contributed by atoms with van der Waals surface area (Å²) < 4.78 is 9.56. The highest BCUT2D eigenvalue weighted by Gasteiger charge is 2.07. The van der Waals surface area contributed by atoms with Crippen LogP contribution in [-0.2, 0) is 19.1 Å². The van der Waals surface area contributed by atoms with E-state index in [4.69, 9.17) is 20.0 Å². The van der Waals surface area contributed by atoms with Crippen molar-refractivity contribution >= 4 is 11.9 Å². The molecule has 0 aliphatic rings. The Hall–Kier alpha value is -2.96. The van der Waals surface area contributed by atoms with Crippen molar-refractivity contribution in [1.82, 2.24) is 0 Å². The van der Waals surface area contributed by atoms with Crippen molar-refractivity contribution in [2.75, 3.05) is 13.2 Å². The van der Waals surface area contributed by atoms with Crippen molar-refractivity contribution in [2.24, 2.45) is 0 Å². The Kier molecular flexibility index (Phi) is 12.5. The standard InChI is InChI=1S/C16H16N2O4/c17-11-5-1-3-7-13-21-15(19)9-10-16(20)22-14-8-4-2-6-12-18/h1-2,5-6,9-10,13-14H2. The molecule has 0 aromatic rings. The number of nitriles is 2. The summed E-state index contributed by atoms with van der Waals surface area (Å²) in [5.74, 6) is 9.48. The first-order chi connectivity index (χ1) is 10.7. The predicted molar refractivity (Wildman–Crippen MR) is 76.4 cm³/mol. The lowest BCUT2D eigenvalue weighted by molar-refractivity contribution is -0.148. The third-order valence-electron chi connectivity index (χ3n) is 2.12. The van der Waals surface area contributed by atoms with Gasteiger partial charge in [-0.25, -0.2) is 0 Å². The van der Waals surface area contributed by atoms with Gasteiger partial charge in [0.15, 0.2) is 13.2 Å². The van der Waals surface area contributed by atoms with Crippen LogP contribution in [0.5, 0.6) is 0 Å². The Labute approximate surface area is 130 Å². The van der Waals surface area contributed by atoms with Crippen molar-refractivity contribution < 1.29 is 19.1 Å². The van der Waals surface area contributed by atoms with Crippen molar-refractivity contribution in [2.45, 2.75) is 38.5 Å². The number of nitrogens with zero attached hydrogens (tertiary/aromatic N) is 2. The average molecular weight is 300 g/mol. The zero-order valence-corrected chi connectivity index (χ0v) is 12.2. The van der Waals surface area contributed by atoms with Gasteiger partial charge in [0.05, 0.1) is 25.0 Å². The Bertz CT molecular complexity index is 509. The van der Waals surface area contributed by atoms with Crippen molar-refractivity contribution in [3.63, 3.8) is 0 Å². The SMILES string of the molecule is N#CCCC#CCOC(=O)CCC(=O)OCC#CCCC#N. The minimum absolute atomic E-state index is 0.0519. The summed E-state index contributed by atoms with van der Waals surface area (Å²) in [6.45, 7) is -0.104. The Morgan fingerprint density at radius 2 is 1.09 bits per heavy atom. The zero-order valence-electron chi connectivity index (χ0n) is 12.2. The molecule has 0 bridgehead atoms. The molecule has 0 aromatic carbocycles. The maximum atomic E-state index is 11.3. The van der Waals surface area contributed by atoms with E-state index in [1.54, 1.807) is 0 Å². The third-order valence-corrected chi connectivity index (χ3v) is 2.12. The molecular weight excluding hydrogens is 284 g/mol. The first-order valence-electron chi connectivity index (χ1n) is 6.67. The van der Waals surface area contributed by atoms with E-state index in [9.17, 15) is 9.59 Å². The summed E-state index contributed by atoms with van der Waals surface area (Å²) in [6.07, 6.45) is 1.39. The van der Waals surface area contributed by atoms with Gasteiger partial charge in [-0.3, -0.25) is 9.59 Å². The van der Waals surface area contributed by atoms with E-state index in [1.807, 2.05) is 12.1 Å². The molecule has 0 saturated carbocycles. The van der Waals surface area contributed by atoms with Gasteiger partial charge >= 0.3 is 11.9 Å². The second kappa shape index (κ2) is 14.4. The van der Waals surface area contributed by atoms with Crippen LogP contribution in [0.2, 0.25) is 0 Å². The second-order valence-corrected chi connectivity index (χ2v) is 3.84. The number of unbranched alkanes of at least 4 members (excludes halogenated alkanes) is 2. The van der Waals surface area contributed by atoms with Crippen LogP contribution in [-0.4, -0.2) is 25.2 Å². The minimum atomic E-state index is -0.536. The molecule has 0 saturated heterocycles. The maximum Gasteiger partial charge on any atom is 0.307 e. The molecule has 0 heterocycles. The summed E-state index contributed by atoms with van der Waals surface area (Å²) in [5, 5.41) is 16.6. The van der Waals surface area contributed by atoms with Crippen LogP contribution >= 0.6 is 0 Å². The van der Waals surface area contributed by atoms with Crippen molar-refractivity contribution in [3.05, 3.63) is 0 Å². The largest absolute Gasteiger partial charge is 0.452 e. The van der Waals surface area contributed by atoms with Crippen LogP contribution in [0.1, 0.15) is 38.5 Å². The summed E-state index contributed by atoms with van der Waals surface area (Å²) in [6, 6.07) is 3.89. The van der Waals surface area contributed by atoms with Crippen LogP contribution < -0.4 is 0 Å². The van der Waals surface area contributed by atoms with Crippen LogP contribution in [0.3, 0.4) is 0 Å². The topological polar surface area (TPSA) is 100 Å². The summed E-state index contributed by atoms with van der Waals surface area (Å²) >= 11 is 0. The fraction of sp³-hybridized carbons (Fsp3) is 0.500. The number of carbonyl (C=O) groups excluding carboxylic acids is 2. The summed E-state index contributed by atoms with van der Waals surface area (Å²) in [7, 11) is 0. The minimum Gasteiger partial charge on any atom is -0.452 e. The highest BCUT2D eigenvalue weighted by atomic mass is 16.5. The first kappa shape index (κ1) is 19.0. The Morgan fingerprint density at radius 1 is 0.682 bits per heavy atom. The van der Waals surface area contributed by atoms with Crippen LogP contribution in [0, 0.1) is 46.3 Å². The van der Waals surface area contributed by atoms with Crippen LogP contribution in [0.25, 0.3) is 0 Å². The Balaban J connectivity index is 3.66. The molecular formula is C16H16N2O4. The number of ether oxygens (including phenoxy) is 2. The normalized spacial score (nSPS) is 8.09. The van der Waals surface area contributed by atoms with Gasteiger partial charge in [0.2, 0.25) is 0 Å². The number of hydrogen-bond acceptors (Lipinski definition) is 6. The van der Waals surface area contributed by atoms with Crippen molar-refractivity contribution in [1.29, 1.82) is 10.5 Å². The predicted octanol–water partition coefficient (Wildman–Crippen LogP) is 1.47. The van der Waals surface area contributed by atoms with Gasteiger partial charge in [-0.05, 0) is 0 Å². The lowest BCUT2D eigenvalue weighted by atomic mass is 10.3.